The van der Waals surface area contributed by atoms with E-state index in [4.69, 9.17) is 4.74 Å². The smallest absolute Gasteiger partial charge is 0.270 e. The Balaban J connectivity index is 1.71. The molecule has 110 valence electrons. The number of aromatic amines is 1. The number of ether oxygens (including phenoxy) is 1. The van der Waals surface area contributed by atoms with Crippen LogP contribution < -0.4 is 0 Å². The Labute approximate surface area is 124 Å². The number of nitrogens with zero attached hydrogens (tertiary/aromatic N) is 1. The number of hydrogen-bond acceptors (Lipinski definition) is 2. The van der Waals surface area contributed by atoms with Gasteiger partial charge in [-0.25, -0.2) is 0 Å². The van der Waals surface area contributed by atoms with Gasteiger partial charge in [0.25, 0.3) is 5.91 Å². The van der Waals surface area contributed by atoms with Crippen LogP contribution >= 0.6 is 0 Å². The minimum absolute atomic E-state index is 0.0615. The molecule has 0 unspecified atom stereocenters. The molecule has 1 saturated heterocycles. The van der Waals surface area contributed by atoms with Crippen LogP contribution in [-0.4, -0.2) is 41.6 Å². The summed E-state index contributed by atoms with van der Waals surface area (Å²) in [7, 11) is 0. The summed E-state index contributed by atoms with van der Waals surface area (Å²) in [5.74, 6) is 0.0615. The molecule has 0 radical (unpaired) electrons. The second-order valence-corrected chi connectivity index (χ2v) is 5.34. The molecule has 21 heavy (non-hydrogen) atoms. The fourth-order valence-electron chi connectivity index (χ4n) is 2.73. The van der Waals surface area contributed by atoms with Crippen molar-refractivity contribution in [2.24, 2.45) is 0 Å². The second-order valence-electron chi connectivity index (χ2n) is 5.34. The van der Waals surface area contributed by atoms with Gasteiger partial charge in [-0.1, -0.05) is 30.3 Å². The largest absolute Gasteiger partial charge is 0.379 e. The van der Waals surface area contributed by atoms with E-state index in [1.165, 1.54) is 5.56 Å². The molecule has 1 amide bonds. The Hall–Kier alpha value is -2.07. The Morgan fingerprint density at radius 2 is 2.10 bits per heavy atom. The maximum atomic E-state index is 12.7. The Morgan fingerprint density at radius 1 is 1.24 bits per heavy atom. The molecule has 1 atom stereocenters. The van der Waals surface area contributed by atoms with E-state index < -0.39 is 0 Å². The van der Waals surface area contributed by atoms with Crippen molar-refractivity contribution in [3.63, 3.8) is 0 Å². The average molecular weight is 284 g/mol. The number of carbonyl (C=O) groups excluding carboxylic acids is 1. The van der Waals surface area contributed by atoms with E-state index in [9.17, 15) is 4.79 Å². The maximum absolute atomic E-state index is 12.7. The highest BCUT2D eigenvalue weighted by Crippen LogP contribution is 2.16. The van der Waals surface area contributed by atoms with Gasteiger partial charge in [-0.2, -0.15) is 0 Å². The maximum Gasteiger partial charge on any atom is 0.270 e. The molecule has 1 aromatic heterocycles. The van der Waals surface area contributed by atoms with Crippen LogP contribution in [0, 0.1) is 0 Å². The average Bonchev–Trinajstić information content (AvgIpc) is 3.22. The molecule has 2 heterocycles. The quantitative estimate of drug-likeness (QED) is 0.917. The molecule has 1 aliphatic heterocycles. The molecule has 4 heteroatoms. The summed E-state index contributed by atoms with van der Waals surface area (Å²) in [6, 6.07) is 14.1. The van der Waals surface area contributed by atoms with Crippen LogP contribution in [-0.2, 0) is 11.2 Å². The van der Waals surface area contributed by atoms with Gasteiger partial charge in [-0.05, 0) is 30.5 Å². The predicted octanol–water partition coefficient (Wildman–Crippen LogP) is 2.49. The fourth-order valence-corrected chi connectivity index (χ4v) is 2.73. The summed E-state index contributed by atoms with van der Waals surface area (Å²) in [4.78, 5) is 17.6. The van der Waals surface area contributed by atoms with Crippen molar-refractivity contribution in [1.29, 1.82) is 0 Å². The van der Waals surface area contributed by atoms with E-state index in [1.807, 2.05) is 35.2 Å². The number of aromatic nitrogens is 1. The van der Waals surface area contributed by atoms with Crippen LogP contribution in [0.5, 0.6) is 0 Å². The number of amides is 1. The first-order chi connectivity index (χ1) is 10.3. The van der Waals surface area contributed by atoms with Gasteiger partial charge in [-0.3, -0.25) is 4.79 Å². The molecule has 0 saturated carbocycles. The zero-order valence-electron chi connectivity index (χ0n) is 12.0. The summed E-state index contributed by atoms with van der Waals surface area (Å²) in [6.07, 6.45) is 3.57. The Kier molecular flexibility index (Phi) is 4.36. The van der Waals surface area contributed by atoms with Gasteiger partial charge in [0.05, 0.1) is 12.6 Å². The molecule has 1 aliphatic rings. The number of H-pyrrole nitrogens is 1. The van der Waals surface area contributed by atoms with Crippen molar-refractivity contribution in [1.82, 2.24) is 9.88 Å². The molecule has 0 spiro atoms. The third-order valence-electron chi connectivity index (χ3n) is 3.92. The zero-order valence-corrected chi connectivity index (χ0v) is 12.0. The summed E-state index contributed by atoms with van der Waals surface area (Å²) in [5, 5.41) is 0. The topological polar surface area (TPSA) is 45.3 Å². The molecule has 3 rings (SSSR count). The minimum atomic E-state index is 0.0615. The van der Waals surface area contributed by atoms with Gasteiger partial charge in [0.2, 0.25) is 0 Å². The third kappa shape index (κ3) is 3.34. The van der Waals surface area contributed by atoms with Crippen molar-refractivity contribution < 1.29 is 9.53 Å². The first-order valence-corrected chi connectivity index (χ1v) is 7.40. The number of benzene rings is 1. The van der Waals surface area contributed by atoms with Crippen molar-refractivity contribution in [2.45, 2.75) is 18.9 Å². The lowest BCUT2D eigenvalue weighted by Crippen LogP contribution is -2.42. The molecule has 2 aromatic rings. The van der Waals surface area contributed by atoms with Crippen LogP contribution in [0.3, 0.4) is 0 Å². The molecule has 0 aliphatic carbocycles. The Bertz CT molecular complexity index is 560. The van der Waals surface area contributed by atoms with Crippen LogP contribution in [0.25, 0.3) is 0 Å². The number of carbonyl (C=O) groups is 1. The Morgan fingerprint density at radius 3 is 2.76 bits per heavy atom. The molecule has 1 aromatic carbocycles. The predicted molar refractivity (Wildman–Crippen MR) is 81.2 cm³/mol. The van der Waals surface area contributed by atoms with E-state index in [1.54, 1.807) is 6.20 Å². The van der Waals surface area contributed by atoms with Crippen LogP contribution in [0.15, 0.2) is 48.7 Å². The number of nitrogens with one attached hydrogen (secondary N) is 1. The lowest BCUT2D eigenvalue weighted by molar-refractivity contribution is 0.0651. The normalized spacial score (nSPS) is 17.8. The van der Waals surface area contributed by atoms with Gasteiger partial charge in [0, 0.05) is 19.3 Å². The minimum Gasteiger partial charge on any atom is -0.379 e. The van der Waals surface area contributed by atoms with Crippen LogP contribution in [0.4, 0.5) is 0 Å². The number of rotatable bonds is 5. The van der Waals surface area contributed by atoms with Gasteiger partial charge in [0.15, 0.2) is 0 Å². The van der Waals surface area contributed by atoms with Crippen LogP contribution in [0.2, 0.25) is 0 Å². The summed E-state index contributed by atoms with van der Waals surface area (Å²) in [6.45, 7) is 2.10. The van der Waals surface area contributed by atoms with E-state index >= 15 is 0 Å². The zero-order chi connectivity index (χ0) is 14.5. The molecule has 1 fully saturated rings. The SMILES string of the molecule is O=C(c1ccc[nH]1)N(CCc1ccccc1)[C@H]1CCOC1. The van der Waals surface area contributed by atoms with Gasteiger partial charge in [-0.15, -0.1) is 0 Å². The first-order valence-electron chi connectivity index (χ1n) is 7.40. The highest BCUT2D eigenvalue weighted by molar-refractivity contribution is 5.92. The standard InChI is InChI=1S/C17H20N2O2/c20-17(16-7-4-10-18-16)19(15-9-12-21-13-15)11-8-14-5-2-1-3-6-14/h1-7,10,15,18H,8-9,11-13H2/t15-/m0/s1. The summed E-state index contributed by atoms with van der Waals surface area (Å²) < 4.78 is 5.45. The van der Waals surface area contributed by atoms with Crippen molar-refractivity contribution in [3.05, 3.63) is 59.9 Å². The van der Waals surface area contributed by atoms with Gasteiger partial charge in [0.1, 0.15) is 5.69 Å². The number of hydrogen-bond donors (Lipinski definition) is 1. The lowest BCUT2D eigenvalue weighted by atomic mass is 10.1. The van der Waals surface area contributed by atoms with Gasteiger partial charge < -0.3 is 14.6 Å². The van der Waals surface area contributed by atoms with E-state index in [0.29, 0.717) is 12.3 Å². The molecule has 4 nitrogen and oxygen atoms in total. The molecular weight excluding hydrogens is 264 g/mol. The summed E-state index contributed by atoms with van der Waals surface area (Å²) >= 11 is 0. The second kappa shape index (κ2) is 6.59. The van der Waals surface area contributed by atoms with Crippen LogP contribution in [0.1, 0.15) is 22.5 Å². The first kappa shape index (κ1) is 13.9. The lowest BCUT2D eigenvalue weighted by Gasteiger charge is -2.27. The van der Waals surface area contributed by atoms with Gasteiger partial charge >= 0.3 is 0 Å². The highest BCUT2D eigenvalue weighted by atomic mass is 16.5. The van der Waals surface area contributed by atoms with E-state index in [2.05, 4.69) is 17.1 Å². The summed E-state index contributed by atoms with van der Waals surface area (Å²) in [5.41, 5.74) is 1.90. The fraction of sp³-hybridized carbons (Fsp3) is 0.353. The van der Waals surface area contributed by atoms with E-state index in [0.717, 1.165) is 26.0 Å². The monoisotopic (exact) mass is 284 g/mol. The van der Waals surface area contributed by atoms with Crippen molar-refractivity contribution >= 4 is 5.91 Å². The molecular formula is C17H20N2O2. The third-order valence-corrected chi connectivity index (χ3v) is 3.92. The highest BCUT2D eigenvalue weighted by Gasteiger charge is 2.28. The van der Waals surface area contributed by atoms with Crippen molar-refractivity contribution in [3.8, 4) is 0 Å². The molecule has 1 N–H and O–H groups in total. The van der Waals surface area contributed by atoms with E-state index in [-0.39, 0.29) is 11.9 Å². The van der Waals surface area contributed by atoms with Crippen molar-refractivity contribution in [2.75, 3.05) is 19.8 Å². The molecule has 0 bridgehead atoms.